The molecule has 0 spiro atoms. The summed E-state index contributed by atoms with van der Waals surface area (Å²) in [6.45, 7) is 11.0. The van der Waals surface area contributed by atoms with Crippen molar-refractivity contribution in [2.45, 2.75) is 41.0 Å². The number of ketones is 1. The van der Waals surface area contributed by atoms with Gasteiger partial charge in [0.05, 0.1) is 12.2 Å². The highest BCUT2D eigenvalue weighted by Crippen LogP contribution is 2.38. The Bertz CT molecular complexity index is 532. The quantitative estimate of drug-likeness (QED) is 0.817. The van der Waals surface area contributed by atoms with Gasteiger partial charge in [-0.3, -0.25) is 4.79 Å². The molecule has 108 valence electrons. The van der Waals surface area contributed by atoms with E-state index in [-0.39, 0.29) is 11.7 Å². The van der Waals surface area contributed by atoms with Crippen LogP contribution in [0, 0.1) is 25.7 Å². The highest BCUT2D eigenvalue weighted by molar-refractivity contribution is 6.25. The zero-order chi connectivity index (χ0) is 14.9. The topological polar surface area (TPSA) is 26.3 Å². The molecule has 1 aromatic rings. The molecule has 1 aromatic carbocycles. The van der Waals surface area contributed by atoms with E-state index in [1.54, 1.807) is 0 Å². The van der Waals surface area contributed by atoms with E-state index in [1.807, 2.05) is 13.0 Å². The van der Waals surface area contributed by atoms with Crippen LogP contribution in [0.15, 0.2) is 24.0 Å². The predicted octanol–water partition coefficient (Wildman–Crippen LogP) is 4.30. The Morgan fingerprint density at radius 3 is 2.40 bits per heavy atom. The molecule has 1 unspecified atom stereocenters. The molecule has 1 atom stereocenters. The van der Waals surface area contributed by atoms with Crippen LogP contribution in [-0.4, -0.2) is 12.4 Å². The van der Waals surface area contributed by atoms with Gasteiger partial charge < -0.3 is 4.74 Å². The van der Waals surface area contributed by atoms with Gasteiger partial charge in [-0.05, 0) is 36.5 Å². The zero-order valence-electron chi connectivity index (χ0n) is 13.1. The van der Waals surface area contributed by atoms with Crippen LogP contribution in [0.4, 0.5) is 0 Å². The van der Waals surface area contributed by atoms with Gasteiger partial charge in [-0.2, -0.15) is 0 Å². The van der Waals surface area contributed by atoms with Crippen molar-refractivity contribution in [3.63, 3.8) is 0 Å². The van der Waals surface area contributed by atoms with Gasteiger partial charge in [0.2, 0.25) is 0 Å². The molecule has 0 amide bonds. The number of ether oxygens (including phenoxy) is 1. The smallest absolute Gasteiger partial charge is 0.170 e. The van der Waals surface area contributed by atoms with Crippen molar-refractivity contribution < 1.29 is 9.53 Å². The summed E-state index contributed by atoms with van der Waals surface area (Å²) in [6.07, 6.45) is 0.731. The maximum absolute atomic E-state index is 12.5. The Morgan fingerprint density at radius 1 is 1.25 bits per heavy atom. The predicted molar refractivity (Wildman–Crippen MR) is 82.4 cm³/mol. The minimum absolute atomic E-state index is 0.0335. The number of hydrogen-bond donors (Lipinski definition) is 0. The van der Waals surface area contributed by atoms with Crippen molar-refractivity contribution in [2.75, 3.05) is 6.61 Å². The number of benzene rings is 1. The Hall–Kier alpha value is -1.57. The molecule has 0 N–H and O–H groups in total. The highest BCUT2D eigenvalue weighted by Gasteiger charge is 2.33. The lowest BCUT2D eigenvalue weighted by atomic mass is 9.93. The number of carbonyl (C=O) groups excluding carboxylic acids is 1. The normalized spacial score (nSPS) is 19.1. The van der Waals surface area contributed by atoms with Crippen molar-refractivity contribution in [1.82, 2.24) is 0 Å². The van der Waals surface area contributed by atoms with Crippen molar-refractivity contribution in [1.29, 1.82) is 0 Å². The molecular formula is C18H24O2. The second kappa shape index (κ2) is 5.82. The lowest BCUT2D eigenvalue weighted by molar-refractivity contribution is -0.116. The number of carbonyl (C=O) groups is 1. The van der Waals surface area contributed by atoms with Crippen LogP contribution in [0.3, 0.4) is 0 Å². The molecule has 0 radical (unpaired) electrons. The van der Waals surface area contributed by atoms with Crippen LogP contribution in [0.25, 0.3) is 5.57 Å². The summed E-state index contributed by atoms with van der Waals surface area (Å²) in [7, 11) is 0. The summed E-state index contributed by atoms with van der Waals surface area (Å²) in [4.78, 5) is 12.5. The van der Waals surface area contributed by atoms with E-state index in [4.69, 9.17) is 4.74 Å². The van der Waals surface area contributed by atoms with Crippen molar-refractivity contribution in [3.8, 4) is 0 Å². The van der Waals surface area contributed by atoms with Gasteiger partial charge in [-0.1, -0.05) is 39.0 Å². The van der Waals surface area contributed by atoms with Crippen LogP contribution in [0.1, 0.15) is 43.9 Å². The fraction of sp³-hybridized carbons (Fsp3) is 0.500. The first-order valence-electron chi connectivity index (χ1n) is 7.38. The molecule has 0 aromatic heterocycles. The molecule has 1 aliphatic carbocycles. The molecule has 0 fully saturated rings. The van der Waals surface area contributed by atoms with E-state index in [9.17, 15) is 4.79 Å². The molecular weight excluding hydrogens is 248 g/mol. The van der Waals surface area contributed by atoms with Crippen molar-refractivity contribution in [2.24, 2.45) is 11.8 Å². The number of allylic oxidation sites excluding steroid dienone is 2. The fourth-order valence-corrected chi connectivity index (χ4v) is 2.73. The molecule has 20 heavy (non-hydrogen) atoms. The average Bonchev–Trinajstić information content (AvgIpc) is 2.64. The molecule has 2 rings (SSSR count). The van der Waals surface area contributed by atoms with Gasteiger partial charge in [0.1, 0.15) is 5.76 Å². The van der Waals surface area contributed by atoms with Gasteiger partial charge >= 0.3 is 0 Å². The first kappa shape index (κ1) is 14.8. The standard InChI is InChI=1S/C18H24O2/c1-11(2)10-20-15-9-14(5)18(19)17(15)16-12(3)7-6-8-13(16)4/h6-8,11,14H,9-10H2,1-5H3. The molecule has 0 bridgehead atoms. The van der Waals surface area contributed by atoms with Crippen molar-refractivity contribution >= 4 is 11.4 Å². The largest absolute Gasteiger partial charge is 0.497 e. The third kappa shape index (κ3) is 2.79. The van der Waals surface area contributed by atoms with E-state index >= 15 is 0 Å². The number of Topliss-reactive ketones (excluding diaryl/α,β-unsaturated/α-hetero) is 1. The minimum Gasteiger partial charge on any atom is -0.497 e. The summed E-state index contributed by atoms with van der Waals surface area (Å²) in [5.74, 6) is 1.61. The minimum atomic E-state index is 0.0335. The third-order valence-corrected chi connectivity index (χ3v) is 3.79. The Kier molecular flexibility index (Phi) is 4.32. The van der Waals surface area contributed by atoms with Gasteiger partial charge in [-0.25, -0.2) is 0 Å². The monoisotopic (exact) mass is 272 g/mol. The Morgan fingerprint density at radius 2 is 1.85 bits per heavy atom. The van der Waals surface area contributed by atoms with Crippen LogP contribution in [-0.2, 0) is 9.53 Å². The van der Waals surface area contributed by atoms with Crippen molar-refractivity contribution in [3.05, 3.63) is 40.6 Å². The average molecular weight is 272 g/mol. The Labute approximate surface area is 121 Å². The second-order valence-corrected chi connectivity index (χ2v) is 6.24. The van der Waals surface area contributed by atoms with E-state index in [2.05, 4.69) is 39.8 Å². The van der Waals surface area contributed by atoms with Crippen LogP contribution in [0.5, 0.6) is 0 Å². The van der Waals surface area contributed by atoms with Gasteiger partial charge in [0, 0.05) is 12.3 Å². The zero-order valence-corrected chi connectivity index (χ0v) is 13.1. The van der Waals surface area contributed by atoms with Gasteiger partial charge in [0.25, 0.3) is 0 Å². The summed E-state index contributed by atoms with van der Waals surface area (Å²) in [5, 5.41) is 0. The molecule has 0 saturated heterocycles. The summed E-state index contributed by atoms with van der Waals surface area (Å²) in [5.41, 5.74) is 4.18. The first-order chi connectivity index (χ1) is 9.41. The molecule has 2 heteroatoms. The molecule has 1 aliphatic rings. The Balaban J connectivity index is 2.47. The van der Waals surface area contributed by atoms with Crippen LogP contribution in [0.2, 0.25) is 0 Å². The third-order valence-electron chi connectivity index (χ3n) is 3.79. The number of aryl methyl sites for hydroxylation is 2. The van der Waals surface area contributed by atoms with E-state index in [1.165, 1.54) is 0 Å². The van der Waals surface area contributed by atoms with E-state index in [0.717, 1.165) is 34.4 Å². The van der Waals surface area contributed by atoms with E-state index in [0.29, 0.717) is 12.5 Å². The highest BCUT2D eigenvalue weighted by atomic mass is 16.5. The summed E-state index contributed by atoms with van der Waals surface area (Å²) in [6, 6.07) is 6.16. The lowest BCUT2D eigenvalue weighted by Crippen LogP contribution is -2.07. The van der Waals surface area contributed by atoms with Crippen LogP contribution >= 0.6 is 0 Å². The van der Waals surface area contributed by atoms with Crippen LogP contribution < -0.4 is 0 Å². The van der Waals surface area contributed by atoms with Gasteiger partial charge in [0.15, 0.2) is 5.78 Å². The lowest BCUT2D eigenvalue weighted by Gasteiger charge is -2.14. The SMILES string of the molecule is Cc1cccc(C)c1C1=C(OCC(C)C)CC(C)C1=O. The van der Waals surface area contributed by atoms with E-state index < -0.39 is 0 Å². The maximum Gasteiger partial charge on any atom is 0.170 e. The molecule has 0 aliphatic heterocycles. The summed E-state index contributed by atoms with van der Waals surface area (Å²) >= 11 is 0. The second-order valence-electron chi connectivity index (χ2n) is 6.24. The summed E-state index contributed by atoms with van der Waals surface area (Å²) < 4.78 is 5.94. The molecule has 0 heterocycles. The first-order valence-corrected chi connectivity index (χ1v) is 7.38. The van der Waals surface area contributed by atoms with Gasteiger partial charge in [-0.15, -0.1) is 0 Å². The fourth-order valence-electron chi connectivity index (χ4n) is 2.73. The molecule has 2 nitrogen and oxygen atoms in total. The number of hydrogen-bond acceptors (Lipinski definition) is 2. The number of rotatable bonds is 4. The molecule has 0 saturated carbocycles. The maximum atomic E-state index is 12.5.